The third-order valence-electron chi connectivity index (χ3n) is 7.93. The monoisotopic (exact) mass is 667 g/mol. The molecule has 21 heteroatoms. The normalized spacial score (nSPS) is 45.5. The summed E-state index contributed by atoms with van der Waals surface area (Å²) in [7, 11) is 0. The molecule has 0 aromatic rings. The molecule has 0 aromatic heterocycles. The average Bonchev–Trinajstić information content (AvgIpc) is 3.04. The van der Waals surface area contributed by atoms with Crippen molar-refractivity contribution >= 4 is 0 Å². The van der Waals surface area contributed by atoms with Crippen LogP contribution in [0.25, 0.3) is 0 Å². The Morgan fingerprint density at radius 3 is 1.60 bits per heavy atom. The lowest BCUT2D eigenvalue weighted by Crippen LogP contribution is -2.68. The van der Waals surface area contributed by atoms with Crippen molar-refractivity contribution < 1.29 is 99.9 Å². The van der Waals surface area contributed by atoms with E-state index in [0.717, 1.165) is 0 Å². The van der Waals surface area contributed by atoms with Gasteiger partial charge in [-0.2, -0.15) is 0 Å². The molecule has 0 bridgehead atoms. The van der Waals surface area contributed by atoms with Gasteiger partial charge in [0.25, 0.3) is 0 Å². The van der Waals surface area contributed by atoms with E-state index in [1.165, 1.54) is 0 Å². The molecule has 0 amide bonds. The Morgan fingerprint density at radius 2 is 1.04 bits per heavy atom. The second-order valence-electron chi connectivity index (χ2n) is 11.0. The molecule has 19 atom stereocenters. The molecular weight excluding hydrogens is 622 g/mol. The van der Waals surface area contributed by atoms with Crippen LogP contribution in [0.4, 0.5) is 0 Å². The number of nitrogens with two attached hydrogens (primary N) is 1. The van der Waals surface area contributed by atoms with E-state index in [-0.39, 0.29) is 0 Å². The zero-order valence-corrected chi connectivity index (χ0v) is 23.8. The van der Waals surface area contributed by atoms with E-state index < -0.39 is 150 Å². The fraction of sp³-hybridized carbons (Fsp3) is 1.00. The Hall–Kier alpha value is -0.840. The molecule has 0 unspecified atom stereocenters. The van der Waals surface area contributed by atoms with E-state index in [4.69, 9.17) is 39.3 Å². The highest BCUT2D eigenvalue weighted by atomic mass is 16.8. The number of hydrogen-bond donors (Lipinski definition) is 15. The van der Waals surface area contributed by atoms with Gasteiger partial charge in [0.1, 0.15) is 91.6 Å². The van der Waals surface area contributed by atoms with Gasteiger partial charge >= 0.3 is 0 Å². The van der Waals surface area contributed by atoms with E-state index in [9.17, 15) is 66.4 Å². The van der Waals surface area contributed by atoms with Gasteiger partial charge in [-0.1, -0.05) is 0 Å². The average molecular weight is 668 g/mol. The highest BCUT2D eigenvalue weighted by Gasteiger charge is 2.54. The van der Waals surface area contributed by atoms with Crippen LogP contribution in [0.3, 0.4) is 0 Å². The molecule has 266 valence electrons. The zero-order valence-electron chi connectivity index (χ0n) is 23.8. The third kappa shape index (κ3) is 8.43. The number of ether oxygens (including phenoxy) is 6. The zero-order chi connectivity index (χ0) is 33.7. The van der Waals surface area contributed by atoms with Gasteiger partial charge in [-0.05, 0) is 0 Å². The van der Waals surface area contributed by atoms with E-state index in [1.54, 1.807) is 0 Å². The molecule has 3 aliphatic heterocycles. The molecule has 45 heavy (non-hydrogen) atoms. The first-order valence-electron chi connectivity index (χ1n) is 14.1. The van der Waals surface area contributed by atoms with Crippen LogP contribution >= 0.6 is 0 Å². The molecule has 0 radical (unpaired) electrons. The number of aliphatic hydroxyl groups is 14. The van der Waals surface area contributed by atoms with Crippen LogP contribution in [-0.4, -0.2) is 221 Å². The van der Waals surface area contributed by atoms with Gasteiger partial charge in [0.05, 0.1) is 39.1 Å². The Labute approximate surface area is 255 Å². The fourth-order valence-corrected chi connectivity index (χ4v) is 5.18. The minimum absolute atomic E-state index is 0.744. The Morgan fingerprint density at radius 1 is 0.533 bits per heavy atom. The molecule has 3 heterocycles. The highest BCUT2D eigenvalue weighted by Crippen LogP contribution is 2.33. The summed E-state index contributed by atoms with van der Waals surface area (Å²) in [6, 6.07) is -1.41. The predicted molar refractivity (Wildman–Crippen MR) is 138 cm³/mol. The predicted octanol–water partition coefficient (Wildman–Crippen LogP) is -10.1. The first kappa shape index (κ1) is 38.6. The molecule has 3 fully saturated rings. The quantitative estimate of drug-likeness (QED) is 0.0817. The smallest absolute Gasteiger partial charge is 0.187 e. The molecule has 0 saturated carbocycles. The van der Waals surface area contributed by atoms with Crippen LogP contribution in [0.15, 0.2) is 0 Å². The Kier molecular flexibility index (Phi) is 14.6. The summed E-state index contributed by atoms with van der Waals surface area (Å²) in [5.41, 5.74) is 5.85. The standard InChI is InChI=1S/C24H45NO20/c25-11-15(36)13(34)8(3-28)40-22(11)44-20-10(5-30)42-23(17(38)16(20)37)45-21-14(35)9(4-29)41-24(18(21)39)43-19(7(32)2-27)12(33)6(31)1-26/h6-24,26-39H,1-5,25H2/t6-,7+,8+,9+,10+,11+,12+,13+,14-,15+,16+,17+,18+,19+,20-,21-,22-,23-,24-/m0/s1. The summed E-state index contributed by atoms with van der Waals surface area (Å²) in [6.45, 7) is -4.55. The van der Waals surface area contributed by atoms with Gasteiger partial charge in [-0.15, -0.1) is 0 Å². The van der Waals surface area contributed by atoms with Gasteiger partial charge in [0.2, 0.25) is 0 Å². The SMILES string of the molecule is N[C@H]1[C@H](O[C@@H]2[C@H](O)[C@@H](O)[C@H](O[C@H]3[C@@H](O)[C@@H](CO)O[C@@H](O[C@@H]([C@H](O)[C@@H](O)CO)[C@H](O)CO)[C@@H]3O)O[C@@H]2CO)O[C@H](CO)[C@@H](O)[C@@H]1O. The van der Waals surface area contributed by atoms with Crippen molar-refractivity contribution in [2.75, 3.05) is 33.0 Å². The van der Waals surface area contributed by atoms with Crippen molar-refractivity contribution in [1.82, 2.24) is 0 Å². The summed E-state index contributed by atoms with van der Waals surface area (Å²) in [4.78, 5) is 0. The van der Waals surface area contributed by atoms with Gasteiger partial charge in [0.15, 0.2) is 18.9 Å². The van der Waals surface area contributed by atoms with Crippen LogP contribution < -0.4 is 5.73 Å². The molecule has 16 N–H and O–H groups in total. The summed E-state index contributed by atoms with van der Waals surface area (Å²) in [5, 5.41) is 141. The number of aliphatic hydroxyl groups excluding tert-OH is 14. The van der Waals surface area contributed by atoms with Gasteiger partial charge < -0.3 is 106 Å². The van der Waals surface area contributed by atoms with Crippen LogP contribution in [0.1, 0.15) is 0 Å². The molecule has 0 spiro atoms. The molecular formula is C24H45NO20. The minimum Gasteiger partial charge on any atom is -0.394 e. The Bertz CT molecular complexity index is 875. The molecule has 3 saturated heterocycles. The summed E-state index contributed by atoms with van der Waals surface area (Å²) >= 11 is 0. The largest absolute Gasteiger partial charge is 0.394 e. The number of rotatable bonds is 14. The highest BCUT2D eigenvalue weighted by molar-refractivity contribution is 4.97. The summed E-state index contributed by atoms with van der Waals surface area (Å²) in [5.74, 6) is 0. The van der Waals surface area contributed by atoms with Crippen LogP contribution in [0.5, 0.6) is 0 Å². The second-order valence-corrected chi connectivity index (χ2v) is 11.0. The first-order chi connectivity index (χ1) is 21.2. The van der Waals surface area contributed by atoms with Gasteiger partial charge in [-0.25, -0.2) is 0 Å². The lowest BCUT2D eigenvalue weighted by molar-refractivity contribution is -0.379. The van der Waals surface area contributed by atoms with E-state index in [2.05, 4.69) is 0 Å². The summed E-state index contributed by atoms with van der Waals surface area (Å²) in [6.07, 6.45) is -32.2. The summed E-state index contributed by atoms with van der Waals surface area (Å²) < 4.78 is 32.7. The molecule has 21 nitrogen and oxygen atoms in total. The van der Waals surface area contributed by atoms with Gasteiger partial charge in [0, 0.05) is 0 Å². The molecule has 0 aromatic carbocycles. The molecule has 3 aliphatic rings. The number of hydrogen-bond acceptors (Lipinski definition) is 21. The lowest BCUT2D eigenvalue weighted by atomic mass is 9.95. The van der Waals surface area contributed by atoms with Gasteiger partial charge in [-0.3, -0.25) is 0 Å². The minimum atomic E-state index is -2.07. The van der Waals surface area contributed by atoms with Crippen molar-refractivity contribution in [3.63, 3.8) is 0 Å². The third-order valence-corrected chi connectivity index (χ3v) is 7.93. The van der Waals surface area contributed by atoms with Crippen LogP contribution in [0, 0.1) is 0 Å². The topological polar surface area (TPSA) is 365 Å². The molecule has 0 aliphatic carbocycles. The molecule has 3 rings (SSSR count). The maximum Gasteiger partial charge on any atom is 0.187 e. The van der Waals surface area contributed by atoms with Crippen molar-refractivity contribution in [3.05, 3.63) is 0 Å². The van der Waals surface area contributed by atoms with Crippen molar-refractivity contribution in [3.8, 4) is 0 Å². The van der Waals surface area contributed by atoms with Crippen molar-refractivity contribution in [2.45, 2.75) is 116 Å². The van der Waals surface area contributed by atoms with E-state index in [1.807, 2.05) is 0 Å². The lowest BCUT2D eigenvalue weighted by Gasteiger charge is -2.48. The van der Waals surface area contributed by atoms with Crippen molar-refractivity contribution in [2.24, 2.45) is 5.73 Å². The van der Waals surface area contributed by atoms with Crippen LogP contribution in [-0.2, 0) is 28.4 Å². The fourth-order valence-electron chi connectivity index (χ4n) is 5.18. The van der Waals surface area contributed by atoms with Crippen LogP contribution in [0.2, 0.25) is 0 Å². The second kappa shape index (κ2) is 17.0. The maximum absolute atomic E-state index is 11.0. The Balaban J connectivity index is 1.78. The van der Waals surface area contributed by atoms with Crippen molar-refractivity contribution in [1.29, 1.82) is 0 Å². The van der Waals surface area contributed by atoms with E-state index in [0.29, 0.717) is 0 Å². The first-order valence-corrected chi connectivity index (χ1v) is 14.1. The maximum atomic E-state index is 11.0. The van der Waals surface area contributed by atoms with E-state index >= 15 is 0 Å².